The van der Waals surface area contributed by atoms with E-state index in [-0.39, 0.29) is 12.5 Å². The number of anilines is 3. The highest BCUT2D eigenvalue weighted by Crippen LogP contribution is 2.27. The van der Waals surface area contributed by atoms with Gasteiger partial charge in [0.15, 0.2) is 0 Å². The van der Waals surface area contributed by atoms with E-state index in [1.54, 1.807) is 48.5 Å². The van der Waals surface area contributed by atoms with Crippen molar-refractivity contribution in [2.24, 2.45) is 0 Å². The van der Waals surface area contributed by atoms with Crippen LogP contribution in [0.3, 0.4) is 0 Å². The van der Waals surface area contributed by atoms with E-state index in [1.165, 1.54) is 16.0 Å². The minimum absolute atomic E-state index is 0.254. The van der Waals surface area contributed by atoms with Crippen LogP contribution in [0.2, 0.25) is 0 Å². The monoisotopic (exact) mass is 519 g/mol. The second-order valence-electron chi connectivity index (χ2n) is 9.16. The van der Waals surface area contributed by atoms with Crippen LogP contribution in [0.15, 0.2) is 108 Å². The molecule has 0 spiro atoms. The highest BCUT2D eigenvalue weighted by atomic mass is 16.5. The SMILES string of the molecule is Nc1ccccc1NC(=O)c1ccc(OCCN(C=O)c2cc3ccc(CCc4ccccc4)cc3o2)cc1. The zero-order valence-corrected chi connectivity index (χ0v) is 21.4. The number of hydrogen-bond acceptors (Lipinski definition) is 5. The van der Waals surface area contributed by atoms with Gasteiger partial charge in [-0.3, -0.25) is 14.5 Å². The third-order valence-electron chi connectivity index (χ3n) is 6.45. The van der Waals surface area contributed by atoms with Crippen LogP contribution in [-0.2, 0) is 17.6 Å². The Kier molecular flexibility index (Phi) is 7.88. The summed E-state index contributed by atoms with van der Waals surface area (Å²) in [7, 11) is 0. The lowest BCUT2D eigenvalue weighted by Gasteiger charge is -2.14. The maximum Gasteiger partial charge on any atom is 0.255 e. The number of fused-ring (bicyclic) bond motifs is 1. The Morgan fingerprint density at radius 2 is 1.62 bits per heavy atom. The summed E-state index contributed by atoms with van der Waals surface area (Å²) in [6.45, 7) is 0.559. The van der Waals surface area contributed by atoms with Crippen LogP contribution in [-0.4, -0.2) is 25.5 Å². The maximum atomic E-state index is 12.5. The van der Waals surface area contributed by atoms with Gasteiger partial charge < -0.3 is 20.2 Å². The largest absolute Gasteiger partial charge is 0.492 e. The summed E-state index contributed by atoms with van der Waals surface area (Å²) in [6.07, 6.45) is 2.59. The van der Waals surface area contributed by atoms with E-state index < -0.39 is 0 Å². The smallest absolute Gasteiger partial charge is 0.255 e. The van der Waals surface area contributed by atoms with Gasteiger partial charge in [0.1, 0.15) is 17.9 Å². The molecule has 5 aromatic rings. The van der Waals surface area contributed by atoms with Crippen LogP contribution in [0.25, 0.3) is 11.0 Å². The molecule has 0 bridgehead atoms. The van der Waals surface area contributed by atoms with Crippen LogP contribution >= 0.6 is 0 Å². The van der Waals surface area contributed by atoms with Crippen molar-refractivity contribution < 1.29 is 18.7 Å². The fourth-order valence-corrected chi connectivity index (χ4v) is 4.28. The van der Waals surface area contributed by atoms with Gasteiger partial charge in [0, 0.05) is 17.0 Å². The molecular weight excluding hydrogens is 490 g/mol. The third-order valence-corrected chi connectivity index (χ3v) is 6.45. The molecule has 7 nitrogen and oxygen atoms in total. The summed E-state index contributed by atoms with van der Waals surface area (Å²) < 4.78 is 11.8. The first-order valence-electron chi connectivity index (χ1n) is 12.8. The van der Waals surface area contributed by atoms with Crippen molar-refractivity contribution in [3.8, 4) is 5.75 Å². The number of rotatable bonds is 11. The summed E-state index contributed by atoms with van der Waals surface area (Å²) in [4.78, 5) is 25.8. The standard InChI is InChI=1S/C32H29N3O4/c33-28-8-4-5-9-29(28)34-32(37)25-14-16-27(17-15-25)38-19-18-35(22-36)31-21-26-13-12-24(20-30(26)39-31)11-10-23-6-2-1-3-7-23/h1-9,12-17,20-22H,10-11,18-19,33H2,(H,34,37). The minimum Gasteiger partial charge on any atom is -0.492 e. The van der Waals surface area contributed by atoms with Crippen molar-refractivity contribution in [2.45, 2.75) is 12.8 Å². The molecule has 7 heteroatoms. The first kappa shape index (κ1) is 25.6. The van der Waals surface area contributed by atoms with Gasteiger partial charge in [-0.2, -0.15) is 0 Å². The van der Waals surface area contributed by atoms with Gasteiger partial charge in [0.05, 0.1) is 17.9 Å². The molecule has 196 valence electrons. The van der Waals surface area contributed by atoms with Crippen molar-refractivity contribution in [2.75, 3.05) is 29.1 Å². The summed E-state index contributed by atoms with van der Waals surface area (Å²) in [5.74, 6) is 0.792. The van der Waals surface area contributed by atoms with E-state index in [1.807, 2.05) is 36.4 Å². The summed E-state index contributed by atoms with van der Waals surface area (Å²) in [5, 5.41) is 3.74. The van der Waals surface area contributed by atoms with Crippen molar-refractivity contribution in [3.63, 3.8) is 0 Å². The lowest BCUT2D eigenvalue weighted by Crippen LogP contribution is -2.26. The molecule has 1 heterocycles. The molecule has 0 aliphatic rings. The summed E-state index contributed by atoms with van der Waals surface area (Å²) in [6, 6.07) is 32.2. The number of aryl methyl sites for hydroxylation is 2. The van der Waals surface area contributed by atoms with E-state index >= 15 is 0 Å². The van der Waals surface area contributed by atoms with Gasteiger partial charge in [-0.05, 0) is 66.4 Å². The van der Waals surface area contributed by atoms with Crippen molar-refractivity contribution >= 4 is 40.5 Å². The molecule has 0 saturated heterocycles. The van der Waals surface area contributed by atoms with Gasteiger partial charge >= 0.3 is 0 Å². The Labute approximate surface area is 226 Å². The number of carbonyl (C=O) groups is 2. The second kappa shape index (κ2) is 12.0. The zero-order chi connectivity index (χ0) is 27.0. The molecule has 0 aliphatic heterocycles. The van der Waals surface area contributed by atoms with Crippen LogP contribution < -0.4 is 20.7 Å². The number of nitrogens with one attached hydrogen (secondary N) is 1. The highest BCUT2D eigenvalue weighted by molar-refractivity contribution is 6.05. The number of hydrogen-bond donors (Lipinski definition) is 2. The summed E-state index contributed by atoms with van der Waals surface area (Å²) in [5.41, 5.74) is 10.6. The number of benzene rings is 4. The molecule has 5 rings (SSSR count). The van der Waals surface area contributed by atoms with Crippen LogP contribution in [0, 0.1) is 0 Å². The molecule has 0 unspecified atom stereocenters. The van der Waals surface area contributed by atoms with Crippen molar-refractivity contribution in [3.05, 3.63) is 120 Å². The van der Waals surface area contributed by atoms with E-state index in [9.17, 15) is 9.59 Å². The molecule has 0 aliphatic carbocycles. The number of furan rings is 1. The topological polar surface area (TPSA) is 97.8 Å². The first-order chi connectivity index (χ1) is 19.1. The number of nitrogens with two attached hydrogens (primary N) is 1. The van der Waals surface area contributed by atoms with Crippen LogP contribution in [0.1, 0.15) is 21.5 Å². The number of para-hydroxylation sites is 2. The lowest BCUT2D eigenvalue weighted by atomic mass is 10.0. The molecule has 2 amide bonds. The summed E-state index contributed by atoms with van der Waals surface area (Å²) >= 11 is 0. The minimum atomic E-state index is -0.264. The fraction of sp³-hybridized carbons (Fsp3) is 0.125. The van der Waals surface area contributed by atoms with Crippen LogP contribution in [0.4, 0.5) is 17.3 Å². The molecule has 0 saturated carbocycles. The van der Waals surface area contributed by atoms with Gasteiger partial charge in [-0.1, -0.05) is 54.6 Å². The van der Waals surface area contributed by atoms with Crippen LogP contribution in [0.5, 0.6) is 5.75 Å². The van der Waals surface area contributed by atoms with E-state index in [0.29, 0.717) is 35.1 Å². The van der Waals surface area contributed by atoms with Crippen molar-refractivity contribution in [1.29, 1.82) is 0 Å². The first-order valence-corrected chi connectivity index (χ1v) is 12.8. The Morgan fingerprint density at radius 1 is 0.872 bits per heavy atom. The second-order valence-corrected chi connectivity index (χ2v) is 9.16. The Hall–Kier alpha value is -5.04. The molecular formula is C32H29N3O4. The third kappa shape index (κ3) is 6.45. The predicted octanol–water partition coefficient (Wildman–Crippen LogP) is 6.09. The average Bonchev–Trinajstić information content (AvgIpc) is 3.39. The van der Waals surface area contributed by atoms with Gasteiger partial charge in [0.2, 0.25) is 12.3 Å². The molecule has 4 aromatic carbocycles. The quantitative estimate of drug-likeness (QED) is 0.162. The number of amides is 2. The molecule has 3 N–H and O–H groups in total. The van der Waals surface area contributed by atoms with Gasteiger partial charge in [-0.15, -0.1) is 0 Å². The predicted molar refractivity (Wildman–Crippen MR) is 154 cm³/mol. The van der Waals surface area contributed by atoms with E-state index in [4.69, 9.17) is 14.9 Å². The van der Waals surface area contributed by atoms with Gasteiger partial charge in [0.25, 0.3) is 5.91 Å². The van der Waals surface area contributed by atoms with E-state index in [0.717, 1.165) is 30.2 Å². The van der Waals surface area contributed by atoms with Gasteiger partial charge in [-0.25, -0.2) is 0 Å². The molecule has 0 atom stereocenters. The Morgan fingerprint density at radius 3 is 2.38 bits per heavy atom. The number of nitrogen functional groups attached to an aromatic ring is 1. The maximum absolute atomic E-state index is 12.5. The fourth-order valence-electron chi connectivity index (χ4n) is 4.28. The number of carbonyl (C=O) groups excluding carboxylic acids is 2. The Balaban J connectivity index is 1.15. The molecule has 0 fully saturated rings. The average molecular weight is 520 g/mol. The van der Waals surface area contributed by atoms with E-state index in [2.05, 4.69) is 23.5 Å². The highest BCUT2D eigenvalue weighted by Gasteiger charge is 2.13. The Bertz CT molecular complexity index is 1560. The molecule has 0 radical (unpaired) electrons. The van der Waals surface area contributed by atoms with Crippen molar-refractivity contribution in [1.82, 2.24) is 0 Å². The number of nitrogens with zero attached hydrogens (tertiary/aromatic N) is 1. The zero-order valence-electron chi connectivity index (χ0n) is 21.4. The number of ether oxygens (including phenoxy) is 1. The lowest BCUT2D eigenvalue weighted by molar-refractivity contribution is -0.107. The normalized spacial score (nSPS) is 10.8. The molecule has 39 heavy (non-hydrogen) atoms. The molecule has 1 aromatic heterocycles.